The minimum absolute atomic E-state index is 0.0786. The summed E-state index contributed by atoms with van der Waals surface area (Å²) in [4.78, 5) is 20.4. The summed E-state index contributed by atoms with van der Waals surface area (Å²) in [5.74, 6) is 1.14. The number of benzene rings is 3. The Bertz CT molecular complexity index is 1490. The van der Waals surface area contributed by atoms with Gasteiger partial charge in [-0.3, -0.25) is 4.79 Å². The Morgan fingerprint density at radius 1 is 1.05 bits per heavy atom. The normalized spacial score (nSPS) is 14.4. The lowest BCUT2D eigenvalue weighted by Crippen LogP contribution is -2.25. The monoisotopic (exact) mass is 498 g/mol. The first-order chi connectivity index (χ1) is 18.0. The number of rotatable bonds is 7. The first kappa shape index (κ1) is 24.7. The molecule has 1 fully saturated rings. The van der Waals surface area contributed by atoms with E-state index in [4.69, 9.17) is 9.72 Å². The molecule has 1 aliphatic carbocycles. The molecule has 1 saturated carbocycles. The molecule has 0 radical (unpaired) electrons. The van der Waals surface area contributed by atoms with Crippen LogP contribution in [0, 0.1) is 5.82 Å². The van der Waals surface area contributed by atoms with Crippen molar-refractivity contribution < 1.29 is 9.13 Å². The second-order valence-corrected chi connectivity index (χ2v) is 9.68. The molecule has 37 heavy (non-hydrogen) atoms. The van der Waals surface area contributed by atoms with Gasteiger partial charge in [-0.15, -0.1) is 0 Å². The molecular weight excluding hydrogens is 467 g/mol. The SMILES string of the molecule is CN(C)c1ccc(C=Nn2c(C3CCCCC3)nc3ccccc3c2=O)c(OCc2ccccc2F)c1. The maximum atomic E-state index is 14.2. The molecule has 4 aromatic rings. The first-order valence-corrected chi connectivity index (χ1v) is 12.7. The van der Waals surface area contributed by atoms with E-state index in [1.807, 2.05) is 55.4 Å². The van der Waals surface area contributed by atoms with Gasteiger partial charge >= 0.3 is 0 Å². The third-order valence-electron chi connectivity index (χ3n) is 6.92. The average Bonchev–Trinajstić information content (AvgIpc) is 2.92. The highest BCUT2D eigenvalue weighted by molar-refractivity contribution is 5.85. The van der Waals surface area contributed by atoms with Crippen LogP contribution in [0.4, 0.5) is 10.1 Å². The van der Waals surface area contributed by atoms with Crippen LogP contribution in [0.25, 0.3) is 10.9 Å². The number of ether oxygens (including phenoxy) is 1. The third-order valence-corrected chi connectivity index (χ3v) is 6.92. The summed E-state index contributed by atoms with van der Waals surface area (Å²) < 4.78 is 21.7. The number of nitrogens with zero attached hydrogens (tertiary/aromatic N) is 4. The standard InChI is InChI=1S/C30H31FN4O2/c1-34(2)24-17-16-22(28(18-24)37-20-23-12-6-8-14-26(23)31)19-32-35-29(21-10-4-3-5-11-21)33-27-15-9-7-13-25(27)30(35)36/h6-9,12-19,21H,3-5,10-11,20H2,1-2H3. The van der Waals surface area contributed by atoms with Crippen LogP contribution in [0.5, 0.6) is 5.75 Å². The third kappa shape index (κ3) is 5.40. The lowest BCUT2D eigenvalue weighted by Gasteiger charge is -2.22. The fourth-order valence-electron chi connectivity index (χ4n) is 4.80. The van der Waals surface area contributed by atoms with Crippen molar-refractivity contribution in [1.82, 2.24) is 9.66 Å². The van der Waals surface area contributed by atoms with E-state index in [9.17, 15) is 9.18 Å². The molecule has 0 amide bonds. The van der Waals surface area contributed by atoms with E-state index in [2.05, 4.69) is 5.10 Å². The van der Waals surface area contributed by atoms with Gasteiger partial charge < -0.3 is 9.64 Å². The Morgan fingerprint density at radius 3 is 2.59 bits per heavy atom. The van der Waals surface area contributed by atoms with Crippen LogP contribution < -0.4 is 15.2 Å². The summed E-state index contributed by atoms with van der Waals surface area (Å²) in [6.07, 6.45) is 7.08. The van der Waals surface area contributed by atoms with Crippen molar-refractivity contribution in [3.05, 3.63) is 99.9 Å². The van der Waals surface area contributed by atoms with Gasteiger partial charge in [0, 0.05) is 42.9 Å². The summed E-state index contributed by atoms with van der Waals surface area (Å²) in [6.45, 7) is 0.0786. The molecule has 3 aromatic carbocycles. The topological polar surface area (TPSA) is 59.7 Å². The number of hydrogen-bond donors (Lipinski definition) is 0. The van der Waals surface area contributed by atoms with Gasteiger partial charge in [-0.25, -0.2) is 9.37 Å². The van der Waals surface area contributed by atoms with Gasteiger partial charge in [0.2, 0.25) is 0 Å². The number of halogens is 1. The molecular formula is C30H31FN4O2. The van der Waals surface area contributed by atoms with Crippen LogP contribution in [-0.2, 0) is 6.61 Å². The van der Waals surface area contributed by atoms with Crippen LogP contribution in [-0.4, -0.2) is 30.0 Å². The van der Waals surface area contributed by atoms with Crippen molar-refractivity contribution >= 4 is 22.8 Å². The van der Waals surface area contributed by atoms with Gasteiger partial charge in [-0.2, -0.15) is 9.78 Å². The molecule has 1 aliphatic rings. The van der Waals surface area contributed by atoms with Crippen LogP contribution in [0.15, 0.2) is 76.6 Å². The summed E-state index contributed by atoms with van der Waals surface area (Å²) in [7, 11) is 3.89. The average molecular weight is 499 g/mol. The molecule has 0 spiro atoms. The first-order valence-electron chi connectivity index (χ1n) is 12.7. The Balaban J connectivity index is 1.55. The molecule has 0 atom stereocenters. The van der Waals surface area contributed by atoms with Crippen LogP contribution >= 0.6 is 0 Å². The van der Waals surface area contributed by atoms with Gasteiger partial charge in [0.25, 0.3) is 5.56 Å². The number of aromatic nitrogens is 2. The molecule has 190 valence electrons. The van der Waals surface area contributed by atoms with Gasteiger partial charge in [-0.1, -0.05) is 49.6 Å². The molecule has 0 aliphatic heterocycles. The van der Waals surface area contributed by atoms with Crippen molar-refractivity contribution in [3.8, 4) is 5.75 Å². The smallest absolute Gasteiger partial charge is 0.282 e. The second-order valence-electron chi connectivity index (χ2n) is 9.68. The fourth-order valence-corrected chi connectivity index (χ4v) is 4.80. The van der Waals surface area contributed by atoms with Crippen molar-refractivity contribution in [2.45, 2.75) is 44.6 Å². The predicted molar refractivity (Wildman–Crippen MR) is 146 cm³/mol. The Labute approximate surface area is 216 Å². The Hall–Kier alpha value is -4.00. The maximum absolute atomic E-state index is 14.2. The van der Waals surface area contributed by atoms with E-state index < -0.39 is 0 Å². The second kappa shape index (κ2) is 10.9. The van der Waals surface area contributed by atoms with Gasteiger partial charge in [0.1, 0.15) is 24.0 Å². The van der Waals surface area contributed by atoms with Gasteiger partial charge in [0.15, 0.2) is 0 Å². The van der Waals surface area contributed by atoms with E-state index in [-0.39, 0.29) is 23.9 Å². The number of para-hydroxylation sites is 1. The van der Waals surface area contributed by atoms with E-state index in [0.29, 0.717) is 33.6 Å². The Morgan fingerprint density at radius 2 is 1.81 bits per heavy atom. The lowest BCUT2D eigenvalue weighted by molar-refractivity contribution is 0.299. The lowest BCUT2D eigenvalue weighted by atomic mass is 9.88. The zero-order valence-electron chi connectivity index (χ0n) is 21.2. The molecule has 0 bridgehead atoms. The highest BCUT2D eigenvalue weighted by Gasteiger charge is 2.22. The zero-order valence-corrected chi connectivity index (χ0v) is 21.2. The highest BCUT2D eigenvalue weighted by Crippen LogP contribution is 2.32. The minimum Gasteiger partial charge on any atom is -0.488 e. The highest BCUT2D eigenvalue weighted by atomic mass is 19.1. The molecule has 5 rings (SSSR count). The largest absolute Gasteiger partial charge is 0.488 e. The predicted octanol–water partition coefficient (Wildman–Crippen LogP) is 6.11. The van der Waals surface area contributed by atoms with Crippen molar-refractivity contribution in [1.29, 1.82) is 0 Å². The van der Waals surface area contributed by atoms with Crippen molar-refractivity contribution in [2.24, 2.45) is 5.10 Å². The van der Waals surface area contributed by atoms with Gasteiger partial charge in [0.05, 0.1) is 17.1 Å². The molecule has 1 aromatic heterocycles. The van der Waals surface area contributed by atoms with Gasteiger partial charge in [-0.05, 0) is 43.2 Å². The van der Waals surface area contributed by atoms with E-state index in [0.717, 1.165) is 31.4 Å². The van der Waals surface area contributed by atoms with Crippen molar-refractivity contribution in [3.63, 3.8) is 0 Å². The van der Waals surface area contributed by atoms with E-state index in [1.54, 1.807) is 30.5 Å². The summed E-state index contributed by atoms with van der Waals surface area (Å²) in [5.41, 5.74) is 2.62. The van der Waals surface area contributed by atoms with Crippen molar-refractivity contribution in [2.75, 3.05) is 19.0 Å². The molecule has 0 N–H and O–H groups in total. The summed E-state index contributed by atoms with van der Waals surface area (Å²) in [5, 5.41) is 5.20. The summed E-state index contributed by atoms with van der Waals surface area (Å²) >= 11 is 0. The van der Waals surface area contributed by atoms with Crippen LogP contribution in [0.3, 0.4) is 0 Å². The molecule has 0 saturated heterocycles. The molecule has 0 unspecified atom stereocenters. The zero-order chi connectivity index (χ0) is 25.8. The van der Waals surface area contributed by atoms with Crippen LogP contribution in [0.1, 0.15) is 55.0 Å². The van der Waals surface area contributed by atoms with E-state index >= 15 is 0 Å². The minimum atomic E-state index is -0.313. The van der Waals surface area contributed by atoms with E-state index in [1.165, 1.54) is 17.2 Å². The van der Waals surface area contributed by atoms with Crippen LogP contribution in [0.2, 0.25) is 0 Å². The Kier molecular flexibility index (Phi) is 7.30. The quantitative estimate of drug-likeness (QED) is 0.289. The number of fused-ring (bicyclic) bond motifs is 1. The number of hydrogen-bond acceptors (Lipinski definition) is 5. The fraction of sp³-hybridized carbons (Fsp3) is 0.300. The number of anilines is 1. The maximum Gasteiger partial charge on any atom is 0.282 e. The molecule has 6 nitrogen and oxygen atoms in total. The summed E-state index contributed by atoms with van der Waals surface area (Å²) in [6, 6.07) is 19.7. The molecule has 7 heteroatoms. The molecule has 1 heterocycles.